The fourth-order valence-electron chi connectivity index (χ4n) is 0.851. The van der Waals surface area contributed by atoms with Crippen molar-refractivity contribution in [2.24, 2.45) is 0 Å². The number of carbonyl (C=O) groups is 1. The summed E-state index contributed by atoms with van der Waals surface area (Å²) in [5.74, 6) is -2.54. The average molecular weight is 223 g/mol. The molecule has 2 nitrogen and oxygen atoms in total. The Morgan fingerprint density at radius 3 is 2.69 bits per heavy atom. The van der Waals surface area contributed by atoms with Crippen molar-refractivity contribution >= 4 is 29.0 Å². The molecule has 0 unspecified atom stereocenters. The van der Waals surface area contributed by atoms with Gasteiger partial charge in [-0.15, -0.1) is 11.6 Å². The Hall–Kier alpha value is -0.800. The van der Waals surface area contributed by atoms with Crippen LogP contribution in [0.2, 0.25) is 5.02 Å². The summed E-state index contributed by atoms with van der Waals surface area (Å²) in [6.07, 6.45) is 0. The highest BCUT2D eigenvalue weighted by Crippen LogP contribution is 2.26. The van der Waals surface area contributed by atoms with E-state index in [1.807, 2.05) is 0 Å². The number of benzene rings is 1. The quantitative estimate of drug-likeness (QED) is 0.618. The molecule has 0 aliphatic carbocycles. The number of rotatable bonds is 2. The normalized spacial score (nSPS) is 10.1. The summed E-state index contributed by atoms with van der Waals surface area (Å²) in [6, 6.07) is 2.09. The number of hydrogen-bond acceptors (Lipinski definition) is 2. The third-order valence-electron chi connectivity index (χ3n) is 1.45. The molecule has 1 N–H and O–H groups in total. The van der Waals surface area contributed by atoms with Crippen molar-refractivity contribution in [2.75, 3.05) is 5.88 Å². The Bertz CT molecular complexity index is 352. The van der Waals surface area contributed by atoms with Crippen molar-refractivity contribution in [1.82, 2.24) is 0 Å². The maximum atomic E-state index is 12.8. The molecule has 0 heterocycles. The predicted molar refractivity (Wildman–Crippen MR) is 48.1 cm³/mol. The summed E-state index contributed by atoms with van der Waals surface area (Å²) in [7, 11) is 0. The standard InChI is InChI=1S/C8H5Cl2FO2/c9-3-7(12)5-1-4(10)2-6(11)8(5)13/h1-2,13H,3H2. The summed E-state index contributed by atoms with van der Waals surface area (Å²) in [6.45, 7) is 0. The van der Waals surface area contributed by atoms with E-state index in [-0.39, 0.29) is 16.5 Å². The lowest BCUT2D eigenvalue weighted by Gasteiger charge is -2.02. The first-order chi connectivity index (χ1) is 6.06. The van der Waals surface area contributed by atoms with Gasteiger partial charge in [-0.05, 0) is 12.1 Å². The number of carbonyl (C=O) groups excluding carboxylic acids is 1. The minimum Gasteiger partial charge on any atom is -0.504 e. The molecule has 0 fully saturated rings. The first-order valence-corrected chi connectivity index (χ1v) is 4.24. The molecule has 0 aromatic heterocycles. The van der Waals surface area contributed by atoms with Gasteiger partial charge < -0.3 is 5.11 Å². The van der Waals surface area contributed by atoms with E-state index < -0.39 is 17.3 Å². The van der Waals surface area contributed by atoms with Crippen molar-refractivity contribution in [3.05, 3.63) is 28.5 Å². The molecule has 5 heteroatoms. The Balaban J connectivity index is 3.28. The lowest BCUT2D eigenvalue weighted by Crippen LogP contribution is -2.01. The van der Waals surface area contributed by atoms with E-state index in [2.05, 4.69) is 0 Å². The van der Waals surface area contributed by atoms with Gasteiger partial charge in [0.05, 0.1) is 11.4 Å². The lowest BCUT2D eigenvalue weighted by molar-refractivity contribution is 0.101. The Morgan fingerprint density at radius 2 is 2.15 bits per heavy atom. The highest BCUT2D eigenvalue weighted by atomic mass is 35.5. The third-order valence-corrected chi connectivity index (χ3v) is 1.91. The Morgan fingerprint density at radius 1 is 1.54 bits per heavy atom. The predicted octanol–water partition coefficient (Wildman–Crippen LogP) is 2.61. The van der Waals surface area contributed by atoms with Crippen LogP contribution in [-0.2, 0) is 0 Å². The number of halogens is 3. The zero-order valence-corrected chi connectivity index (χ0v) is 7.86. The number of hydrogen-bond donors (Lipinski definition) is 1. The van der Waals surface area contributed by atoms with Crippen LogP contribution in [0.5, 0.6) is 5.75 Å². The van der Waals surface area contributed by atoms with Crippen molar-refractivity contribution < 1.29 is 14.3 Å². The molecule has 0 radical (unpaired) electrons. The third kappa shape index (κ3) is 2.11. The molecule has 0 saturated carbocycles. The largest absolute Gasteiger partial charge is 0.504 e. The summed E-state index contributed by atoms with van der Waals surface area (Å²) in [4.78, 5) is 11.0. The topological polar surface area (TPSA) is 37.3 Å². The van der Waals surface area contributed by atoms with Gasteiger partial charge in [0.1, 0.15) is 0 Å². The van der Waals surface area contributed by atoms with Crippen molar-refractivity contribution in [1.29, 1.82) is 0 Å². The molecule has 0 saturated heterocycles. The van der Waals surface area contributed by atoms with Crippen LogP contribution >= 0.6 is 23.2 Å². The molecule has 1 aromatic carbocycles. The van der Waals surface area contributed by atoms with Crippen LogP contribution in [0.15, 0.2) is 12.1 Å². The molecule has 0 amide bonds. The van der Waals surface area contributed by atoms with Crippen molar-refractivity contribution in [3.8, 4) is 5.75 Å². The minimum atomic E-state index is -0.930. The van der Waals surface area contributed by atoms with Crippen LogP contribution in [0.1, 0.15) is 10.4 Å². The smallest absolute Gasteiger partial charge is 0.181 e. The van der Waals surface area contributed by atoms with E-state index in [4.69, 9.17) is 28.3 Å². The number of alkyl halides is 1. The van der Waals surface area contributed by atoms with Crippen molar-refractivity contribution in [2.45, 2.75) is 0 Å². The van der Waals surface area contributed by atoms with E-state index in [9.17, 15) is 9.18 Å². The number of phenols is 1. The molecule has 13 heavy (non-hydrogen) atoms. The first-order valence-electron chi connectivity index (χ1n) is 3.33. The maximum Gasteiger partial charge on any atom is 0.181 e. The molecular formula is C8H5Cl2FO2. The second-order valence-corrected chi connectivity index (χ2v) is 3.04. The van der Waals surface area contributed by atoms with Gasteiger partial charge in [-0.25, -0.2) is 4.39 Å². The molecule has 1 rings (SSSR count). The van der Waals surface area contributed by atoms with E-state index in [1.54, 1.807) is 0 Å². The summed E-state index contributed by atoms with van der Waals surface area (Å²) in [5.41, 5.74) is -0.194. The number of Topliss-reactive ketones (excluding diaryl/α,β-unsaturated/α-hetero) is 1. The van der Waals surface area contributed by atoms with E-state index in [0.717, 1.165) is 6.07 Å². The second kappa shape index (κ2) is 3.94. The number of phenolic OH excluding ortho intramolecular Hbond substituents is 1. The van der Waals surface area contributed by atoms with E-state index in [0.29, 0.717) is 0 Å². The van der Waals surface area contributed by atoms with Gasteiger partial charge in [-0.3, -0.25) is 4.79 Å². The molecule has 0 spiro atoms. The summed E-state index contributed by atoms with van der Waals surface area (Å²) < 4.78 is 12.8. The SMILES string of the molecule is O=C(CCl)c1cc(Cl)cc(F)c1O. The van der Waals surface area contributed by atoms with Crippen LogP contribution in [0.25, 0.3) is 0 Å². The minimum absolute atomic E-state index is 0.0452. The van der Waals surface area contributed by atoms with Gasteiger partial charge in [0.25, 0.3) is 0 Å². The molecule has 70 valence electrons. The second-order valence-electron chi connectivity index (χ2n) is 2.34. The van der Waals surface area contributed by atoms with Crippen LogP contribution in [0.3, 0.4) is 0 Å². The van der Waals surface area contributed by atoms with Crippen LogP contribution in [-0.4, -0.2) is 16.8 Å². The van der Waals surface area contributed by atoms with Crippen LogP contribution in [0.4, 0.5) is 4.39 Å². The highest BCUT2D eigenvalue weighted by Gasteiger charge is 2.14. The fraction of sp³-hybridized carbons (Fsp3) is 0.125. The van der Waals surface area contributed by atoms with Gasteiger partial charge in [0, 0.05) is 5.02 Å². The fourth-order valence-corrected chi connectivity index (χ4v) is 1.20. The van der Waals surface area contributed by atoms with Crippen molar-refractivity contribution in [3.63, 3.8) is 0 Å². The molecule has 0 aliphatic heterocycles. The molecule has 1 aromatic rings. The van der Waals surface area contributed by atoms with Gasteiger partial charge in [0.2, 0.25) is 0 Å². The van der Waals surface area contributed by atoms with Crippen LogP contribution < -0.4 is 0 Å². The monoisotopic (exact) mass is 222 g/mol. The number of ketones is 1. The molecular weight excluding hydrogens is 218 g/mol. The maximum absolute atomic E-state index is 12.8. The zero-order valence-electron chi connectivity index (χ0n) is 6.35. The molecule has 0 atom stereocenters. The molecule has 0 aliphatic rings. The molecule has 0 bridgehead atoms. The summed E-state index contributed by atoms with van der Waals surface area (Å²) in [5, 5.41) is 9.16. The van der Waals surface area contributed by atoms with Gasteiger partial charge >= 0.3 is 0 Å². The Kier molecular flexibility index (Phi) is 3.12. The highest BCUT2D eigenvalue weighted by molar-refractivity contribution is 6.33. The summed E-state index contributed by atoms with van der Waals surface area (Å²) >= 11 is 10.7. The van der Waals surface area contributed by atoms with Gasteiger partial charge in [0.15, 0.2) is 17.3 Å². The van der Waals surface area contributed by atoms with Gasteiger partial charge in [-0.2, -0.15) is 0 Å². The van der Waals surface area contributed by atoms with Crippen LogP contribution in [0, 0.1) is 5.82 Å². The number of aromatic hydroxyl groups is 1. The zero-order chi connectivity index (χ0) is 10.0. The average Bonchev–Trinajstić information content (AvgIpc) is 2.10. The Labute approximate surface area is 83.9 Å². The first kappa shape index (κ1) is 10.3. The lowest BCUT2D eigenvalue weighted by atomic mass is 10.1. The van der Waals surface area contributed by atoms with E-state index in [1.165, 1.54) is 6.07 Å². The van der Waals surface area contributed by atoms with E-state index >= 15 is 0 Å². The van der Waals surface area contributed by atoms with Gasteiger partial charge in [-0.1, -0.05) is 11.6 Å².